The van der Waals surface area contributed by atoms with E-state index in [-0.39, 0.29) is 23.3 Å². The molecule has 0 radical (unpaired) electrons. The normalized spacial score (nSPS) is 19.6. The van der Waals surface area contributed by atoms with Crippen LogP contribution in [0.5, 0.6) is 0 Å². The van der Waals surface area contributed by atoms with Gasteiger partial charge in [0, 0.05) is 30.7 Å². The Kier molecular flexibility index (Phi) is 4.53. The van der Waals surface area contributed by atoms with E-state index < -0.39 is 10.0 Å². The van der Waals surface area contributed by atoms with Crippen LogP contribution in [0.15, 0.2) is 35.4 Å². The summed E-state index contributed by atoms with van der Waals surface area (Å²) in [6, 6.07) is 7.12. The molecule has 0 saturated carbocycles. The summed E-state index contributed by atoms with van der Waals surface area (Å²) in [4.78, 5) is 4.57. The number of nitrogens with two attached hydrogens (primary N) is 1. The van der Waals surface area contributed by atoms with Gasteiger partial charge in [0.15, 0.2) is 0 Å². The highest BCUT2D eigenvalue weighted by atomic mass is 35.5. The molecule has 1 aliphatic heterocycles. The molecule has 0 bridgehead atoms. The van der Waals surface area contributed by atoms with E-state index in [9.17, 15) is 8.42 Å². The van der Waals surface area contributed by atoms with Crippen LogP contribution < -0.4 is 5.73 Å². The van der Waals surface area contributed by atoms with Crippen molar-refractivity contribution in [2.75, 3.05) is 13.1 Å². The molecule has 1 atom stereocenters. The van der Waals surface area contributed by atoms with Gasteiger partial charge in [-0.25, -0.2) is 8.42 Å². The first-order valence-corrected chi connectivity index (χ1v) is 8.03. The zero-order valence-corrected chi connectivity index (χ0v) is 13.3. The Morgan fingerprint density at radius 2 is 2.14 bits per heavy atom. The number of para-hydroxylation sites is 1. The topological polar surface area (TPSA) is 76.3 Å². The van der Waals surface area contributed by atoms with Crippen molar-refractivity contribution < 1.29 is 8.42 Å². The van der Waals surface area contributed by atoms with Crippen LogP contribution in [-0.2, 0) is 10.0 Å². The number of nitrogens with zero attached hydrogens (tertiary/aromatic N) is 2. The van der Waals surface area contributed by atoms with Crippen LogP contribution in [0.4, 0.5) is 0 Å². The van der Waals surface area contributed by atoms with Gasteiger partial charge in [-0.05, 0) is 31.0 Å². The molecule has 0 unspecified atom stereocenters. The molecule has 3 rings (SSSR count). The lowest BCUT2D eigenvalue weighted by Crippen LogP contribution is -2.32. The molecule has 114 valence electrons. The molecule has 0 amide bonds. The van der Waals surface area contributed by atoms with Crippen molar-refractivity contribution in [2.24, 2.45) is 5.73 Å². The molecule has 0 aliphatic carbocycles. The molecule has 2 heterocycles. The Labute approximate surface area is 130 Å². The van der Waals surface area contributed by atoms with Gasteiger partial charge >= 0.3 is 0 Å². The summed E-state index contributed by atoms with van der Waals surface area (Å²) in [5.74, 6) is 0. The van der Waals surface area contributed by atoms with Gasteiger partial charge in [0.05, 0.1) is 5.52 Å². The van der Waals surface area contributed by atoms with E-state index in [2.05, 4.69) is 4.98 Å². The maximum Gasteiger partial charge on any atom is 0.245 e. The Morgan fingerprint density at radius 3 is 2.81 bits per heavy atom. The number of rotatable bonds is 2. The Hall–Kier alpha value is -1.21. The average molecular weight is 328 g/mol. The average Bonchev–Trinajstić information content (AvgIpc) is 2.85. The number of pyridine rings is 1. The smallest absolute Gasteiger partial charge is 0.245 e. The summed E-state index contributed by atoms with van der Waals surface area (Å²) in [6.07, 6.45) is 2.40. The maximum atomic E-state index is 12.7. The molecule has 21 heavy (non-hydrogen) atoms. The van der Waals surface area contributed by atoms with Crippen LogP contribution in [0, 0.1) is 6.92 Å². The van der Waals surface area contributed by atoms with E-state index in [1.165, 1.54) is 4.31 Å². The minimum absolute atomic E-state index is 0. The molecule has 1 saturated heterocycles. The van der Waals surface area contributed by atoms with Crippen molar-refractivity contribution in [1.29, 1.82) is 0 Å². The van der Waals surface area contributed by atoms with Crippen molar-refractivity contribution in [3.63, 3.8) is 0 Å². The number of hydrogen-bond donors (Lipinski definition) is 1. The standard InChI is InChI=1S/C14H17N3O2S.ClH/c1-10-7-11-3-2-4-13(14(11)16-8-10)20(18,19)17-6-5-12(15)9-17;/h2-4,7-8,12H,5-6,9,15H2,1H3;1H/t12-;/m0./s1. The molecule has 5 nitrogen and oxygen atoms in total. The van der Waals surface area contributed by atoms with E-state index in [1.807, 2.05) is 19.1 Å². The lowest BCUT2D eigenvalue weighted by molar-refractivity contribution is 0.473. The lowest BCUT2D eigenvalue weighted by Gasteiger charge is -2.17. The number of halogens is 1. The zero-order valence-electron chi connectivity index (χ0n) is 11.7. The zero-order chi connectivity index (χ0) is 14.3. The Bertz CT molecular complexity index is 764. The highest BCUT2D eigenvalue weighted by Crippen LogP contribution is 2.26. The number of hydrogen-bond acceptors (Lipinski definition) is 4. The van der Waals surface area contributed by atoms with Crippen LogP contribution in [0.25, 0.3) is 10.9 Å². The van der Waals surface area contributed by atoms with Crippen molar-refractivity contribution >= 4 is 33.3 Å². The van der Waals surface area contributed by atoms with E-state index in [1.54, 1.807) is 18.3 Å². The third-order valence-corrected chi connectivity index (χ3v) is 5.51. The van der Waals surface area contributed by atoms with E-state index in [4.69, 9.17) is 5.73 Å². The fourth-order valence-electron chi connectivity index (χ4n) is 2.56. The molecule has 1 fully saturated rings. The lowest BCUT2D eigenvalue weighted by atomic mass is 10.2. The SMILES string of the molecule is Cc1cnc2c(S(=O)(=O)N3CC[C@H](N)C3)cccc2c1.Cl. The molecule has 0 spiro atoms. The third-order valence-electron chi connectivity index (χ3n) is 3.62. The summed E-state index contributed by atoms with van der Waals surface area (Å²) in [7, 11) is -3.52. The molecule has 7 heteroatoms. The first-order chi connectivity index (χ1) is 9.48. The van der Waals surface area contributed by atoms with Gasteiger partial charge in [-0.1, -0.05) is 12.1 Å². The van der Waals surface area contributed by atoms with Crippen LogP contribution in [0.2, 0.25) is 0 Å². The van der Waals surface area contributed by atoms with Gasteiger partial charge < -0.3 is 5.73 Å². The van der Waals surface area contributed by atoms with Crippen LogP contribution >= 0.6 is 12.4 Å². The predicted molar refractivity (Wildman–Crippen MR) is 85.1 cm³/mol. The monoisotopic (exact) mass is 327 g/mol. The van der Waals surface area contributed by atoms with Crippen LogP contribution in [-0.4, -0.2) is 36.8 Å². The van der Waals surface area contributed by atoms with Crippen LogP contribution in [0.3, 0.4) is 0 Å². The maximum absolute atomic E-state index is 12.7. The van der Waals surface area contributed by atoms with Crippen molar-refractivity contribution in [3.05, 3.63) is 36.0 Å². The fraction of sp³-hybridized carbons (Fsp3) is 0.357. The van der Waals surface area contributed by atoms with Gasteiger partial charge in [0.2, 0.25) is 10.0 Å². The molecular formula is C14H18ClN3O2S. The Balaban J connectivity index is 0.00000161. The number of aryl methyl sites for hydroxylation is 1. The van der Waals surface area contributed by atoms with Crippen molar-refractivity contribution in [3.8, 4) is 0 Å². The minimum atomic E-state index is -3.52. The quantitative estimate of drug-likeness (QED) is 0.910. The van der Waals surface area contributed by atoms with Crippen molar-refractivity contribution in [1.82, 2.24) is 9.29 Å². The largest absolute Gasteiger partial charge is 0.326 e. The first kappa shape index (κ1) is 16.2. The molecule has 2 aromatic rings. The Morgan fingerprint density at radius 1 is 1.38 bits per heavy atom. The van der Waals surface area contributed by atoms with Gasteiger partial charge in [-0.3, -0.25) is 4.98 Å². The van der Waals surface area contributed by atoms with Crippen LogP contribution in [0.1, 0.15) is 12.0 Å². The summed E-state index contributed by atoms with van der Waals surface area (Å²) in [6.45, 7) is 2.80. The summed E-state index contributed by atoms with van der Waals surface area (Å²) >= 11 is 0. The first-order valence-electron chi connectivity index (χ1n) is 6.59. The van der Waals surface area contributed by atoms with Gasteiger partial charge in [0.25, 0.3) is 0 Å². The van der Waals surface area contributed by atoms with Gasteiger partial charge in [-0.15, -0.1) is 12.4 Å². The number of benzene rings is 1. The van der Waals surface area contributed by atoms with E-state index >= 15 is 0 Å². The van der Waals surface area contributed by atoms with Gasteiger partial charge in [0.1, 0.15) is 4.90 Å². The van der Waals surface area contributed by atoms with E-state index in [0.717, 1.165) is 10.9 Å². The summed E-state index contributed by atoms with van der Waals surface area (Å²) in [5.41, 5.74) is 7.35. The molecule has 2 N–H and O–H groups in total. The number of aromatic nitrogens is 1. The summed E-state index contributed by atoms with van der Waals surface area (Å²) in [5, 5.41) is 0.842. The molecule has 1 aliphatic rings. The second kappa shape index (κ2) is 5.88. The molecule has 1 aromatic carbocycles. The predicted octanol–water partition coefficient (Wildman–Crippen LogP) is 1.69. The van der Waals surface area contributed by atoms with E-state index in [0.29, 0.717) is 25.0 Å². The van der Waals surface area contributed by atoms with Crippen molar-refractivity contribution in [2.45, 2.75) is 24.3 Å². The minimum Gasteiger partial charge on any atom is -0.326 e. The van der Waals surface area contributed by atoms with Gasteiger partial charge in [-0.2, -0.15) is 4.31 Å². The second-order valence-electron chi connectivity index (χ2n) is 5.25. The number of fused-ring (bicyclic) bond motifs is 1. The second-order valence-corrected chi connectivity index (χ2v) is 7.16. The number of sulfonamides is 1. The highest BCUT2D eigenvalue weighted by Gasteiger charge is 2.32. The fourth-order valence-corrected chi connectivity index (χ4v) is 4.24. The highest BCUT2D eigenvalue weighted by molar-refractivity contribution is 7.89. The summed E-state index contributed by atoms with van der Waals surface area (Å²) < 4.78 is 26.9. The third kappa shape index (κ3) is 2.89. The molecular weight excluding hydrogens is 310 g/mol. The molecule has 1 aromatic heterocycles.